The predicted molar refractivity (Wildman–Crippen MR) is 70.7 cm³/mol. The molecule has 4 heteroatoms. The third-order valence-corrected chi connectivity index (χ3v) is 3.09. The first kappa shape index (κ1) is 12.7. The molecule has 0 aliphatic rings. The minimum atomic E-state index is -0.779. The van der Waals surface area contributed by atoms with Crippen LogP contribution in [0, 0.1) is 5.92 Å². The molecule has 0 amide bonds. The highest BCUT2D eigenvalue weighted by Gasteiger charge is 2.18. The highest BCUT2D eigenvalue weighted by molar-refractivity contribution is 6.30. The Kier molecular flexibility index (Phi) is 4.05. The fourth-order valence-corrected chi connectivity index (χ4v) is 2.01. The lowest BCUT2D eigenvalue weighted by Crippen LogP contribution is -2.21. The molecule has 1 N–H and O–H groups in total. The van der Waals surface area contributed by atoms with Crippen LogP contribution >= 0.6 is 11.6 Å². The van der Waals surface area contributed by atoms with Crippen LogP contribution in [0.5, 0.6) is 0 Å². The van der Waals surface area contributed by atoms with E-state index in [0.717, 1.165) is 5.56 Å². The number of carbonyl (C=O) groups is 1. The van der Waals surface area contributed by atoms with Crippen LogP contribution in [0.15, 0.2) is 48.8 Å². The second-order valence-electron chi connectivity index (χ2n) is 4.25. The fourth-order valence-electron chi connectivity index (χ4n) is 1.88. The van der Waals surface area contributed by atoms with Crippen LogP contribution in [0.4, 0.5) is 0 Å². The van der Waals surface area contributed by atoms with Gasteiger partial charge in [0.25, 0.3) is 0 Å². The number of aliphatic carboxylic acids is 1. The molecule has 18 heavy (non-hydrogen) atoms. The molecule has 1 aromatic heterocycles. The Morgan fingerprint density at radius 2 is 1.83 bits per heavy atom. The van der Waals surface area contributed by atoms with Gasteiger partial charge in [-0.15, -0.1) is 0 Å². The number of halogens is 1. The van der Waals surface area contributed by atoms with Crippen LogP contribution in [-0.4, -0.2) is 15.6 Å². The van der Waals surface area contributed by atoms with E-state index in [1.54, 1.807) is 12.1 Å². The van der Waals surface area contributed by atoms with E-state index < -0.39 is 11.9 Å². The van der Waals surface area contributed by atoms with E-state index in [4.69, 9.17) is 11.6 Å². The molecular weight excluding hydrogens is 250 g/mol. The van der Waals surface area contributed by atoms with Crippen LogP contribution < -0.4 is 0 Å². The number of carboxylic acids is 1. The first-order chi connectivity index (χ1) is 8.65. The van der Waals surface area contributed by atoms with Gasteiger partial charge in [0, 0.05) is 24.0 Å². The summed E-state index contributed by atoms with van der Waals surface area (Å²) in [5.41, 5.74) is 0.985. The van der Waals surface area contributed by atoms with Gasteiger partial charge in [-0.25, -0.2) is 0 Å². The average molecular weight is 264 g/mol. The molecule has 0 aliphatic carbocycles. The molecule has 1 unspecified atom stereocenters. The maximum absolute atomic E-state index is 11.3. The largest absolute Gasteiger partial charge is 0.481 e. The van der Waals surface area contributed by atoms with Gasteiger partial charge in [-0.3, -0.25) is 4.79 Å². The molecule has 0 aliphatic heterocycles. The zero-order valence-corrected chi connectivity index (χ0v) is 10.5. The topological polar surface area (TPSA) is 42.2 Å². The number of nitrogens with zero attached hydrogens (tertiary/aromatic N) is 1. The quantitative estimate of drug-likeness (QED) is 0.901. The summed E-state index contributed by atoms with van der Waals surface area (Å²) in [4.78, 5) is 11.3. The van der Waals surface area contributed by atoms with Gasteiger partial charge in [0.2, 0.25) is 0 Å². The first-order valence-electron chi connectivity index (χ1n) is 5.73. The molecule has 1 aromatic carbocycles. The van der Waals surface area contributed by atoms with Crippen molar-refractivity contribution >= 4 is 17.6 Å². The van der Waals surface area contributed by atoms with Gasteiger partial charge < -0.3 is 9.67 Å². The van der Waals surface area contributed by atoms with E-state index in [0.29, 0.717) is 18.0 Å². The van der Waals surface area contributed by atoms with Crippen molar-refractivity contribution in [3.8, 4) is 0 Å². The summed E-state index contributed by atoms with van der Waals surface area (Å²) in [6.45, 7) is 0.477. The number of hydrogen-bond donors (Lipinski definition) is 1. The van der Waals surface area contributed by atoms with Gasteiger partial charge in [-0.1, -0.05) is 23.7 Å². The van der Waals surface area contributed by atoms with Crippen molar-refractivity contribution < 1.29 is 9.90 Å². The zero-order valence-electron chi connectivity index (χ0n) is 9.79. The third kappa shape index (κ3) is 3.37. The second-order valence-corrected chi connectivity index (χ2v) is 4.68. The van der Waals surface area contributed by atoms with E-state index in [2.05, 4.69) is 0 Å². The van der Waals surface area contributed by atoms with Gasteiger partial charge in [0.1, 0.15) is 0 Å². The Hall–Kier alpha value is -1.74. The van der Waals surface area contributed by atoms with Gasteiger partial charge in [0.05, 0.1) is 5.92 Å². The van der Waals surface area contributed by atoms with E-state index in [-0.39, 0.29) is 0 Å². The molecule has 94 valence electrons. The Labute approximate surface area is 111 Å². The highest BCUT2D eigenvalue weighted by atomic mass is 35.5. The highest BCUT2D eigenvalue weighted by Crippen LogP contribution is 2.15. The van der Waals surface area contributed by atoms with E-state index in [1.807, 2.05) is 41.2 Å². The van der Waals surface area contributed by atoms with Crippen molar-refractivity contribution in [2.24, 2.45) is 5.92 Å². The molecular formula is C14H14ClNO2. The summed E-state index contributed by atoms with van der Waals surface area (Å²) in [6.07, 6.45) is 4.25. The lowest BCUT2D eigenvalue weighted by Gasteiger charge is -2.13. The minimum absolute atomic E-state index is 0.432. The molecule has 0 fully saturated rings. The molecule has 0 bridgehead atoms. The molecule has 0 saturated carbocycles. The van der Waals surface area contributed by atoms with Crippen LogP contribution in [0.1, 0.15) is 5.56 Å². The maximum Gasteiger partial charge on any atom is 0.308 e. The van der Waals surface area contributed by atoms with Crippen LogP contribution in [-0.2, 0) is 17.8 Å². The molecule has 2 rings (SSSR count). The smallest absolute Gasteiger partial charge is 0.308 e. The van der Waals surface area contributed by atoms with Crippen LogP contribution in [0.25, 0.3) is 0 Å². The summed E-state index contributed by atoms with van der Waals surface area (Å²) in [5, 5.41) is 9.91. The summed E-state index contributed by atoms with van der Waals surface area (Å²) in [5.74, 6) is -1.21. The molecule has 0 radical (unpaired) electrons. The number of benzene rings is 1. The lowest BCUT2D eigenvalue weighted by atomic mass is 9.99. The van der Waals surface area contributed by atoms with Crippen molar-refractivity contribution in [2.45, 2.75) is 13.0 Å². The maximum atomic E-state index is 11.3. The first-order valence-corrected chi connectivity index (χ1v) is 6.11. The molecule has 0 saturated heterocycles. The monoisotopic (exact) mass is 263 g/mol. The summed E-state index contributed by atoms with van der Waals surface area (Å²) < 4.78 is 1.88. The fraction of sp³-hybridized carbons (Fsp3) is 0.214. The average Bonchev–Trinajstić information content (AvgIpc) is 2.84. The Balaban J connectivity index is 2.06. The molecule has 1 atom stereocenters. The minimum Gasteiger partial charge on any atom is -0.481 e. The Morgan fingerprint density at radius 1 is 1.22 bits per heavy atom. The van der Waals surface area contributed by atoms with Crippen molar-refractivity contribution in [1.29, 1.82) is 0 Å². The SMILES string of the molecule is O=C(O)C(Cc1ccc(Cl)cc1)Cn1cccc1. The summed E-state index contributed by atoms with van der Waals surface area (Å²) in [7, 11) is 0. The number of hydrogen-bond acceptors (Lipinski definition) is 1. The molecule has 3 nitrogen and oxygen atoms in total. The van der Waals surface area contributed by atoms with E-state index in [1.165, 1.54) is 0 Å². The number of carboxylic acid groups (broad SMARTS) is 1. The Bertz CT molecular complexity index is 505. The standard InChI is InChI=1S/C14H14ClNO2/c15-13-5-3-11(4-6-13)9-12(14(17)18)10-16-7-1-2-8-16/h1-8,12H,9-10H2,(H,17,18). The molecule has 2 aromatic rings. The van der Waals surface area contributed by atoms with Gasteiger partial charge in [-0.05, 0) is 36.2 Å². The zero-order chi connectivity index (χ0) is 13.0. The third-order valence-electron chi connectivity index (χ3n) is 2.84. The molecule has 0 spiro atoms. The summed E-state index contributed by atoms with van der Waals surface area (Å²) in [6, 6.07) is 11.1. The normalized spacial score (nSPS) is 12.3. The van der Waals surface area contributed by atoms with E-state index in [9.17, 15) is 9.90 Å². The summed E-state index contributed by atoms with van der Waals surface area (Å²) >= 11 is 5.81. The number of rotatable bonds is 5. The van der Waals surface area contributed by atoms with E-state index >= 15 is 0 Å². The van der Waals surface area contributed by atoms with Crippen molar-refractivity contribution in [3.63, 3.8) is 0 Å². The van der Waals surface area contributed by atoms with Crippen LogP contribution in [0.2, 0.25) is 5.02 Å². The van der Waals surface area contributed by atoms with Crippen molar-refractivity contribution in [2.75, 3.05) is 0 Å². The van der Waals surface area contributed by atoms with Gasteiger partial charge >= 0.3 is 5.97 Å². The predicted octanol–water partition coefficient (Wildman–Crippen LogP) is 3.09. The lowest BCUT2D eigenvalue weighted by molar-refractivity contribution is -0.142. The van der Waals surface area contributed by atoms with Crippen molar-refractivity contribution in [1.82, 2.24) is 4.57 Å². The van der Waals surface area contributed by atoms with Crippen LogP contribution in [0.3, 0.4) is 0 Å². The number of aromatic nitrogens is 1. The second kappa shape index (κ2) is 5.74. The van der Waals surface area contributed by atoms with Crippen molar-refractivity contribution in [3.05, 3.63) is 59.4 Å². The Morgan fingerprint density at radius 3 is 2.39 bits per heavy atom. The van der Waals surface area contributed by atoms with Gasteiger partial charge in [-0.2, -0.15) is 0 Å². The molecule has 1 heterocycles. The van der Waals surface area contributed by atoms with Gasteiger partial charge in [0.15, 0.2) is 0 Å².